The second-order valence-corrected chi connectivity index (χ2v) is 6.99. The van der Waals surface area contributed by atoms with Crippen LogP contribution in [0.15, 0.2) is 0 Å². The molecular weight excluding hydrogens is 250 g/mol. The minimum absolute atomic E-state index is 0.130. The van der Waals surface area contributed by atoms with Gasteiger partial charge in [-0.1, -0.05) is 6.92 Å². The molecule has 0 aromatic heterocycles. The van der Waals surface area contributed by atoms with Gasteiger partial charge in [-0.3, -0.25) is 4.79 Å². The first-order chi connectivity index (χ1) is 9.51. The molecule has 2 saturated heterocycles. The first-order valence-corrected chi connectivity index (χ1v) is 8.18. The summed E-state index contributed by atoms with van der Waals surface area (Å²) in [5, 5.41) is 0. The van der Waals surface area contributed by atoms with Crippen LogP contribution >= 0.6 is 0 Å². The summed E-state index contributed by atoms with van der Waals surface area (Å²) < 4.78 is 0. The third-order valence-electron chi connectivity index (χ3n) is 5.12. The van der Waals surface area contributed by atoms with Crippen molar-refractivity contribution in [3.8, 4) is 0 Å². The van der Waals surface area contributed by atoms with Crippen molar-refractivity contribution < 1.29 is 4.79 Å². The lowest BCUT2D eigenvalue weighted by Crippen LogP contribution is -2.47. The Kier molecular flexibility index (Phi) is 5.44. The fourth-order valence-electron chi connectivity index (χ4n) is 3.43. The number of carbonyl (C=O) groups is 1. The maximum atomic E-state index is 12.6. The van der Waals surface area contributed by atoms with Crippen molar-refractivity contribution in [2.24, 2.45) is 5.41 Å². The highest BCUT2D eigenvalue weighted by Gasteiger charge is 2.37. The third kappa shape index (κ3) is 3.95. The topological polar surface area (TPSA) is 26.8 Å². The first-order valence-electron chi connectivity index (χ1n) is 8.18. The summed E-state index contributed by atoms with van der Waals surface area (Å²) in [6.45, 7) is 8.80. The van der Waals surface area contributed by atoms with E-state index < -0.39 is 0 Å². The number of hydrogen-bond donors (Lipinski definition) is 0. The molecule has 0 spiro atoms. The zero-order chi connectivity index (χ0) is 14.6. The van der Waals surface area contributed by atoms with Gasteiger partial charge in [0.1, 0.15) is 0 Å². The molecule has 0 atom stereocenters. The van der Waals surface area contributed by atoms with E-state index in [9.17, 15) is 4.79 Å². The van der Waals surface area contributed by atoms with Gasteiger partial charge in [0.25, 0.3) is 0 Å². The van der Waals surface area contributed by atoms with Crippen molar-refractivity contribution >= 4 is 5.91 Å². The highest BCUT2D eigenvalue weighted by molar-refractivity contribution is 5.82. The molecule has 0 unspecified atom stereocenters. The predicted octanol–water partition coefficient (Wildman–Crippen LogP) is 1.66. The smallest absolute Gasteiger partial charge is 0.228 e. The van der Waals surface area contributed by atoms with Gasteiger partial charge in [0.15, 0.2) is 0 Å². The summed E-state index contributed by atoms with van der Waals surface area (Å²) in [7, 11) is 4.12. The summed E-state index contributed by atoms with van der Waals surface area (Å²) >= 11 is 0. The number of likely N-dealkylation sites (tertiary alicyclic amines) is 2. The molecule has 0 bridgehead atoms. The lowest BCUT2D eigenvalue weighted by Gasteiger charge is -2.39. The van der Waals surface area contributed by atoms with Gasteiger partial charge in [-0.15, -0.1) is 0 Å². The van der Waals surface area contributed by atoms with Crippen LogP contribution in [0.3, 0.4) is 0 Å². The molecule has 116 valence electrons. The van der Waals surface area contributed by atoms with E-state index in [2.05, 4.69) is 23.8 Å². The Morgan fingerprint density at radius 3 is 2.35 bits per heavy atom. The molecule has 0 saturated carbocycles. The Labute approximate surface area is 124 Å². The van der Waals surface area contributed by atoms with Gasteiger partial charge < -0.3 is 14.7 Å². The van der Waals surface area contributed by atoms with Crippen LogP contribution in [0.2, 0.25) is 0 Å². The average molecular weight is 281 g/mol. The number of carbonyl (C=O) groups excluding carboxylic acids is 1. The Balaban J connectivity index is 1.73. The van der Waals surface area contributed by atoms with Crippen molar-refractivity contribution in [3.05, 3.63) is 0 Å². The van der Waals surface area contributed by atoms with Gasteiger partial charge in [-0.05, 0) is 71.9 Å². The molecule has 20 heavy (non-hydrogen) atoms. The summed E-state index contributed by atoms with van der Waals surface area (Å²) in [6.07, 6.45) is 5.80. The van der Waals surface area contributed by atoms with Gasteiger partial charge in [-0.2, -0.15) is 0 Å². The van der Waals surface area contributed by atoms with Crippen molar-refractivity contribution in [1.29, 1.82) is 0 Å². The number of amides is 1. The molecule has 2 aliphatic heterocycles. The minimum Gasteiger partial charge on any atom is -0.345 e. The molecule has 2 fully saturated rings. The van der Waals surface area contributed by atoms with Crippen LogP contribution in [0.25, 0.3) is 0 Å². The maximum absolute atomic E-state index is 12.6. The molecule has 0 aromatic carbocycles. The second-order valence-electron chi connectivity index (χ2n) is 6.99. The molecule has 0 N–H and O–H groups in total. The Bertz CT molecular complexity index is 318. The van der Waals surface area contributed by atoms with Crippen LogP contribution in [0.4, 0.5) is 0 Å². The van der Waals surface area contributed by atoms with E-state index in [1.54, 1.807) is 0 Å². The van der Waals surface area contributed by atoms with Gasteiger partial charge in [-0.25, -0.2) is 0 Å². The molecule has 2 aliphatic rings. The standard InChI is InChI=1S/C16H31N3O/c1-16(7-13-17(2)14-8-16)15(20)18(3)9-6-12-19-10-4-5-11-19/h4-14H2,1-3H3. The highest BCUT2D eigenvalue weighted by atomic mass is 16.2. The van der Waals surface area contributed by atoms with Crippen LogP contribution in [0, 0.1) is 5.41 Å². The van der Waals surface area contributed by atoms with E-state index in [4.69, 9.17) is 0 Å². The lowest BCUT2D eigenvalue weighted by atomic mass is 9.79. The Hall–Kier alpha value is -0.610. The van der Waals surface area contributed by atoms with E-state index >= 15 is 0 Å². The molecular formula is C16H31N3O. The Morgan fingerprint density at radius 1 is 1.15 bits per heavy atom. The van der Waals surface area contributed by atoms with E-state index in [1.807, 2.05) is 11.9 Å². The first kappa shape index (κ1) is 15.8. The molecule has 0 radical (unpaired) electrons. The Morgan fingerprint density at radius 2 is 1.75 bits per heavy atom. The SMILES string of the molecule is CN1CCC(C)(C(=O)N(C)CCCN2CCCC2)CC1. The van der Waals surface area contributed by atoms with Gasteiger partial charge in [0.2, 0.25) is 5.91 Å². The van der Waals surface area contributed by atoms with E-state index in [-0.39, 0.29) is 5.41 Å². The molecule has 4 nitrogen and oxygen atoms in total. The van der Waals surface area contributed by atoms with Gasteiger partial charge in [0, 0.05) is 19.0 Å². The monoisotopic (exact) mass is 281 g/mol. The summed E-state index contributed by atoms with van der Waals surface area (Å²) in [4.78, 5) is 19.5. The minimum atomic E-state index is -0.130. The average Bonchev–Trinajstić information content (AvgIpc) is 2.94. The molecule has 0 aliphatic carbocycles. The largest absolute Gasteiger partial charge is 0.345 e. The zero-order valence-electron chi connectivity index (χ0n) is 13.5. The summed E-state index contributed by atoms with van der Waals surface area (Å²) in [6, 6.07) is 0. The van der Waals surface area contributed by atoms with Crippen LogP contribution in [0.1, 0.15) is 39.0 Å². The van der Waals surface area contributed by atoms with E-state index in [1.165, 1.54) is 25.9 Å². The normalized spacial score (nSPS) is 23.9. The second kappa shape index (κ2) is 6.90. The third-order valence-corrected chi connectivity index (χ3v) is 5.12. The van der Waals surface area contributed by atoms with Crippen LogP contribution in [-0.4, -0.2) is 74.0 Å². The summed E-state index contributed by atoms with van der Waals surface area (Å²) in [5.41, 5.74) is -0.130. The number of piperidine rings is 1. The van der Waals surface area contributed by atoms with E-state index in [0.29, 0.717) is 5.91 Å². The fourth-order valence-corrected chi connectivity index (χ4v) is 3.43. The van der Waals surface area contributed by atoms with Gasteiger partial charge in [0.05, 0.1) is 0 Å². The van der Waals surface area contributed by atoms with Crippen molar-refractivity contribution in [2.45, 2.75) is 39.0 Å². The zero-order valence-corrected chi connectivity index (χ0v) is 13.5. The maximum Gasteiger partial charge on any atom is 0.228 e. The van der Waals surface area contributed by atoms with Crippen LogP contribution < -0.4 is 0 Å². The number of rotatable bonds is 5. The fraction of sp³-hybridized carbons (Fsp3) is 0.938. The molecule has 2 rings (SSSR count). The molecule has 0 aromatic rings. The quantitative estimate of drug-likeness (QED) is 0.767. The van der Waals surface area contributed by atoms with Crippen LogP contribution in [-0.2, 0) is 4.79 Å². The number of nitrogens with zero attached hydrogens (tertiary/aromatic N) is 3. The van der Waals surface area contributed by atoms with Crippen molar-refractivity contribution in [2.75, 3.05) is 53.4 Å². The van der Waals surface area contributed by atoms with Crippen molar-refractivity contribution in [1.82, 2.24) is 14.7 Å². The van der Waals surface area contributed by atoms with Crippen molar-refractivity contribution in [3.63, 3.8) is 0 Å². The molecule has 4 heteroatoms. The lowest BCUT2D eigenvalue weighted by molar-refractivity contribution is -0.142. The summed E-state index contributed by atoms with van der Waals surface area (Å²) in [5.74, 6) is 0.354. The number of hydrogen-bond acceptors (Lipinski definition) is 3. The van der Waals surface area contributed by atoms with E-state index in [0.717, 1.165) is 45.4 Å². The van der Waals surface area contributed by atoms with Crippen LogP contribution in [0.5, 0.6) is 0 Å². The predicted molar refractivity (Wildman–Crippen MR) is 82.8 cm³/mol. The highest BCUT2D eigenvalue weighted by Crippen LogP contribution is 2.32. The van der Waals surface area contributed by atoms with Gasteiger partial charge >= 0.3 is 0 Å². The molecule has 2 heterocycles. The molecule has 1 amide bonds.